The molecule has 2 aromatic rings. The zero-order valence-electron chi connectivity index (χ0n) is 9.98. The first-order chi connectivity index (χ1) is 8.81. The first-order valence-electron chi connectivity index (χ1n) is 5.51. The SMILES string of the molecule is CN=COc1ccc(N([O-])c2ccccc2)cc1. The molecule has 0 aromatic heterocycles. The van der Waals surface area contributed by atoms with Crippen LogP contribution in [0.3, 0.4) is 0 Å². The van der Waals surface area contributed by atoms with Crippen LogP contribution in [0.2, 0.25) is 0 Å². The summed E-state index contributed by atoms with van der Waals surface area (Å²) in [6, 6.07) is 15.9. The summed E-state index contributed by atoms with van der Waals surface area (Å²) in [5.41, 5.74) is 1.16. The highest BCUT2D eigenvalue weighted by Crippen LogP contribution is 2.25. The van der Waals surface area contributed by atoms with Crippen molar-refractivity contribution in [2.45, 2.75) is 0 Å². The van der Waals surface area contributed by atoms with Crippen molar-refractivity contribution < 1.29 is 4.74 Å². The van der Waals surface area contributed by atoms with E-state index in [1.54, 1.807) is 43.4 Å². The van der Waals surface area contributed by atoms with Gasteiger partial charge in [0, 0.05) is 18.4 Å². The van der Waals surface area contributed by atoms with E-state index in [4.69, 9.17) is 4.74 Å². The summed E-state index contributed by atoms with van der Waals surface area (Å²) in [4.78, 5) is 3.72. The van der Waals surface area contributed by atoms with Gasteiger partial charge in [0.05, 0.1) is 0 Å². The molecule has 2 aromatic carbocycles. The van der Waals surface area contributed by atoms with Crippen LogP contribution in [0.25, 0.3) is 0 Å². The summed E-state index contributed by atoms with van der Waals surface area (Å²) < 4.78 is 5.18. The van der Waals surface area contributed by atoms with Crippen molar-refractivity contribution in [3.05, 3.63) is 59.8 Å². The van der Waals surface area contributed by atoms with Crippen molar-refractivity contribution >= 4 is 17.8 Å². The van der Waals surface area contributed by atoms with Crippen molar-refractivity contribution in [2.24, 2.45) is 4.99 Å². The zero-order valence-corrected chi connectivity index (χ0v) is 9.98. The van der Waals surface area contributed by atoms with Crippen LogP contribution in [0.4, 0.5) is 11.4 Å². The maximum atomic E-state index is 12.0. The van der Waals surface area contributed by atoms with Crippen LogP contribution in [-0.2, 0) is 0 Å². The number of rotatable bonds is 4. The Morgan fingerprint density at radius 3 is 2.22 bits per heavy atom. The lowest BCUT2D eigenvalue weighted by molar-refractivity contribution is 0.573. The molecule has 0 amide bonds. The van der Waals surface area contributed by atoms with Gasteiger partial charge in [0.15, 0.2) is 6.40 Å². The Hall–Kier alpha value is -2.33. The number of para-hydroxylation sites is 1. The second-order valence-corrected chi connectivity index (χ2v) is 3.61. The third kappa shape index (κ3) is 2.87. The molecular formula is C14H13N2O2-. The monoisotopic (exact) mass is 241 g/mol. The van der Waals surface area contributed by atoms with E-state index in [1.807, 2.05) is 18.2 Å². The van der Waals surface area contributed by atoms with E-state index in [0.29, 0.717) is 17.1 Å². The summed E-state index contributed by atoms with van der Waals surface area (Å²) >= 11 is 0. The van der Waals surface area contributed by atoms with Gasteiger partial charge in [0.2, 0.25) is 0 Å². The topological polar surface area (TPSA) is 47.9 Å². The van der Waals surface area contributed by atoms with E-state index in [-0.39, 0.29) is 0 Å². The predicted molar refractivity (Wildman–Crippen MR) is 73.4 cm³/mol. The van der Waals surface area contributed by atoms with Crippen molar-refractivity contribution in [1.29, 1.82) is 0 Å². The minimum atomic E-state index is 0.557. The molecule has 0 saturated carbocycles. The van der Waals surface area contributed by atoms with E-state index in [1.165, 1.54) is 6.40 Å². The van der Waals surface area contributed by atoms with Crippen molar-refractivity contribution in [1.82, 2.24) is 0 Å². The Kier molecular flexibility index (Phi) is 3.94. The van der Waals surface area contributed by atoms with Crippen molar-refractivity contribution in [3.8, 4) is 5.75 Å². The Morgan fingerprint density at radius 2 is 1.61 bits per heavy atom. The summed E-state index contributed by atoms with van der Waals surface area (Å²) in [6.45, 7) is 0. The predicted octanol–water partition coefficient (Wildman–Crippen LogP) is 3.36. The van der Waals surface area contributed by atoms with Gasteiger partial charge in [-0.25, -0.2) is 0 Å². The average Bonchev–Trinajstić information content (AvgIpc) is 2.46. The summed E-state index contributed by atoms with van der Waals surface area (Å²) in [5, 5.41) is 12.9. The standard InChI is InChI=1S/C14H13N2O2/c1-15-11-18-14-9-7-13(8-10-14)16(17)12-5-3-2-4-6-12/h2-11H,1H3/q-1. The highest BCUT2D eigenvalue weighted by atomic mass is 16.5. The van der Waals surface area contributed by atoms with E-state index in [0.717, 1.165) is 5.06 Å². The lowest BCUT2D eigenvalue weighted by Crippen LogP contribution is -2.06. The van der Waals surface area contributed by atoms with Crippen LogP contribution in [-0.4, -0.2) is 13.4 Å². The van der Waals surface area contributed by atoms with Gasteiger partial charge in [-0.05, 0) is 36.4 Å². The molecule has 0 saturated heterocycles. The van der Waals surface area contributed by atoms with Crippen molar-refractivity contribution in [3.63, 3.8) is 0 Å². The molecule has 18 heavy (non-hydrogen) atoms. The first kappa shape index (κ1) is 12.1. The first-order valence-corrected chi connectivity index (χ1v) is 5.51. The second-order valence-electron chi connectivity index (χ2n) is 3.61. The summed E-state index contributed by atoms with van der Waals surface area (Å²) in [6.07, 6.45) is 1.35. The van der Waals surface area contributed by atoms with Gasteiger partial charge in [-0.3, -0.25) is 4.99 Å². The quantitative estimate of drug-likeness (QED) is 0.468. The molecule has 0 aliphatic heterocycles. The van der Waals surface area contributed by atoms with E-state index in [9.17, 15) is 5.21 Å². The maximum Gasteiger partial charge on any atom is 0.176 e. The molecule has 0 heterocycles. The molecule has 92 valence electrons. The lowest BCUT2D eigenvalue weighted by atomic mass is 10.2. The number of aliphatic imine (C=N–C) groups is 1. The molecule has 0 aliphatic carbocycles. The number of nitrogens with zero attached hydrogens (tertiary/aromatic N) is 2. The molecule has 2 rings (SSSR count). The Balaban J connectivity index is 2.14. The van der Waals surface area contributed by atoms with Gasteiger partial charge in [-0.2, -0.15) is 0 Å². The second kappa shape index (κ2) is 5.84. The van der Waals surface area contributed by atoms with Crippen LogP contribution in [0, 0.1) is 5.21 Å². The highest BCUT2D eigenvalue weighted by Gasteiger charge is 1.98. The number of hydrogen-bond acceptors (Lipinski definition) is 4. The zero-order chi connectivity index (χ0) is 12.8. The fraction of sp³-hybridized carbons (Fsp3) is 0.0714. The highest BCUT2D eigenvalue weighted by molar-refractivity contribution is 5.65. The van der Waals surface area contributed by atoms with Gasteiger partial charge in [0.25, 0.3) is 0 Å². The van der Waals surface area contributed by atoms with E-state index >= 15 is 0 Å². The number of hydrogen-bond donors (Lipinski definition) is 0. The molecule has 0 radical (unpaired) electrons. The van der Waals surface area contributed by atoms with Crippen LogP contribution in [0.15, 0.2) is 59.6 Å². The van der Waals surface area contributed by atoms with Gasteiger partial charge < -0.3 is 15.0 Å². The average molecular weight is 241 g/mol. The largest absolute Gasteiger partial charge is 0.754 e. The third-order valence-corrected chi connectivity index (χ3v) is 2.36. The smallest absolute Gasteiger partial charge is 0.176 e. The maximum absolute atomic E-state index is 12.0. The van der Waals surface area contributed by atoms with E-state index in [2.05, 4.69) is 4.99 Å². The third-order valence-electron chi connectivity index (χ3n) is 2.36. The number of anilines is 2. The molecule has 0 atom stereocenters. The van der Waals surface area contributed by atoms with E-state index < -0.39 is 0 Å². The molecule has 0 bridgehead atoms. The Bertz CT molecular complexity index is 509. The van der Waals surface area contributed by atoms with Crippen LogP contribution in [0.1, 0.15) is 0 Å². The Morgan fingerprint density at radius 1 is 1.00 bits per heavy atom. The molecule has 0 spiro atoms. The summed E-state index contributed by atoms with van der Waals surface area (Å²) in [7, 11) is 1.63. The van der Waals surface area contributed by atoms with Gasteiger partial charge in [-0.1, -0.05) is 18.2 Å². The van der Waals surface area contributed by atoms with Gasteiger partial charge in [0.1, 0.15) is 5.75 Å². The normalized spacial score (nSPS) is 10.6. The summed E-state index contributed by atoms with van der Waals surface area (Å²) in [5.74, 6) is 0.644. The van der Waals surface area contributed by atoms with Gasteiger partial charge in [-0.15, -0.1) is 0 Å². The van der Waals surface area contributed by atoms with Crippen LogP contribution < -0.4 is 9.80 Å². The van der Waals surface area contributed by atoms with Crippen molar-refractivity contribution in [2.75, 3.05) is 12.1 Å². The molecule has 4 heteroatoms. The Labute approximate surface area is 106 Å². The minimum Gasteiger partial charge on any atom is -0.754 e. The lowest BCUT2D eigenvalue weighted by Gasteiger charge is -2.30. The molecule has 0 aliphatic rings. The minimum absolute atomic E-state index is 0.557. The molecule has 0 fully saturated rings. The molecule has 4 nitrogen and oxygen atoms in total. The molecule has 0 N–H and O–H groups in total. The van der Waals surface area contributed by atoms with Crippen LogP contribution in [0.5, 0.6) is 5.75 Å². The fourth-order valence-electron chi connectivity index (χ4n) is 1.49. The van der Waals surface area contributed by atoms with Crippen LogP contribution >= 0.6 is 0 Å². The van der Waals surface area contributed by atoms with Gasteiger partial charge >= 0.3 is 0 Å². The fourth-order valence-corrected chi connectivity index (χ4v) is 1.49. The number of benzene rings is 2. The molecular weight excluding hydrogens is 228 g/mol. The number of ether oxygens (including phenoxy) is 1. The molecule has 0 unspecified atom stereocenters.